The fraction of sp³-hybridized carbons (Fsp3) is 0.800. The van der Waals surface area contributed by atoms with E-state index in [4.69, 9.17) is 0 Å². The number of Topliss-reactive ketones (excluding diaryl/α,β-unsaturated/α-hetero) is 1. The van der Waals surface area contributed by atoms with E-state index in [2.05, 4.69) is 0 Å². The van der Waals surface area contributed by atoms with Crippen LogP contribution in [0.25, 0.3) is 0 Å². The molecule has 0 spiro atoms. The van der Waals surface area contributed by atoms with Gasteiger partial charge in [0.2, 0.25) is 17.7 Å². The summed E-state index contributed by atoms with van der Waals surface area (Å²) < 4.78 is 0. The van der Waals surface area contributed by atoms with Gasteiger partial charge < -0.3 is 4.90 Å². The number of nitrogens with zero attached hydrogens (tertiary/aromatic N) is 2. The molecule has 2 rings (SSSR count). The summed E-state index contributed by atoms with van der Waals surface area (Å²) >= 11 is 1.41. The average Bonchev–Trinajstić information content (AvgIpc) is 2.89. The molecule has 152 valence electrons. The predicted molar refractivity (Wildman–Crippen MR) is 106 cm³/mol. The topological polar surface area (TPSA) is 74.8 Å². The Labute approximate surface area is 166 Å². The van der Waals surface area contributed by atoms with Crippen molar-refractivity contribution in [1.82, 2.24) is 9.80 Å². The molecule has 1 saturated carbocycles. The van der Waals surface area contributed by atoms with Gasteiger partial charge in [0.25, 0.3) is 0 Å². The number of carbonyl (C=O) groups excluding carboxylic acids is 4. The number of hydrogen-bond donors (Lipinski definition) is 0. The number of ketones is 1. The van der Waals surface area contributed by atoms with Crippen LogP contribution in [0.4, 0.5) is 0 Å². The lowest BCUT2D eigenvalue weighted by molar-refractivity contribution is -0.139. The van der Waals surface area contributed by atoms with Crippen LogP contribution in [0.2, 0.25) is 0 Å². The van der Waals surface area contributed by atoms with E-state index in [0.717, 1.165) is 25.7 Å². The molecule has 7 heteroatoms. The molecule has 0 bridgehead atoms. The van der Waals surface area contributed by atoms with Crippen LogP contribution in [0.15, 0.2) is 0 Å². The Bertz CT molecular complexity index is 583. The Kier molecular flexibility index (Phi) is 7.89. The van der Waals surface area contributed by atoms with E-state index in [1.54, 1.807) is 14.1 Å². The van der Waals surface area contributed by atoms with Gasteiger partial charge in [0, 0.05) is 51.1 Å². The summed E-state index contributed by atoms with van der Waals surface area (Å²) in [6.45, 7) is 4.37. The molecule has 1 saturated heterocycles. The standard InChI is InChI=1S/C20H32N2O4S/c1-13(2)19(25)15-7-5-14(6-8-15)12-22-18(24)11-16(20(22)26)27-10-9-17(23)21(3)4/h13-16H,5-12H2,1-4H3/t14-,15-,16?. The molecule has 0 aromatic rings. The van der Waals surface area contributed by atoms with E-state index in [0.29, 0.717) is 30.4 Å². The number of likely N-dealkylation sites (tertiary alicyclic amines) is 1. The van der Waals surface area contributed by atoms with Gasteiger partial charge in [-0.3, -0.25) is 24.1 Å². The largest absolute Gasteiger partial charge is 0.349 e. The van der Waals surface area contributed by atoms with Crippen LogP contribution in [-0.4, -0.2) is 64.9 Å². The van der Waals surface area contributed by atoms with Crippen molar-refractivity contribution >= 4 is 35.3 Å². The third-order valence-corrected chi connectivity index (χ3v) is 6.81. The van der Waals surface area contributed by atoms with Gasteiger partial charge in [-0.2, -0.15) is 0 Å². The highest BCUT2D eigenvalue weighted by Crippen LogP contribution is 2.33. The average molecular weight is 397 g/mol. The lowest BCUT2D eigenvalue weighted by Gasteiger charge is -2.30. The maximum Gasteiger partial charge on any atom is 0.242 e. The Balaban J connectivity index is 1.79. The van der Waals surface area contributed by atoms with Crippen molar-refractivity contribution in [3.8, 4) is 0 Å². The number of amides is 3. The summed E-state index contributed by atoms with van der Waals surface area (Å²) in [5.74, 6) is 1.23. The molecule has 2 aliphatic rings. The number of carbonyl (C=O) groups is 4. The van der Waals surface area contributed by atoms with Crippen molar-refractivity contribution in [2.24, 2.45) is 17.8 Å². The van der Waals surface area contributed by atoms with Crippen molar-refractivity contribution in [2.75, 3.05) is 26.4 Å². The van der Waals surface area contributed by atoms with Gasteiger partial charge in [-0.15, -0.1) is 11.8 Å². The second-order valence-corrected chi connectivity index (χ2v) is 9.53. The number of thioether (sulfide) groups is 1. The molecule has 0 N–H and O–H groups in total. The van der Waals surface area contributed by atoms with Crippen LogP contribution in [0.5, 0.6) is 0 Å². The van der Waals surface area contributed by atoms with Gasteiger partial charge in [0.15, 0.2) is 0 Å². The third-order valence-electron chi connectivity index (χ3n) is 5.60. The SMILES string of the molecule is CC(C)C(=O)[C@H]1CC[C@H](CN2C(=O)CC(SCCC(=O)N(C)C)C2=O)CC1. The lowest BCUT2D eigenvalue weighted by atomic mass is 9.77. The summed E-state index contributed by atoms with van der Waals surface area (Å²) in [5, 5.41) is -0.355. The van der Waals surface area contributed by atoms with Crippen molar-refractivity contribution in [1.29, 1.82) is 0 Å². The number of rotatable bonds is 8. The minimum Gasteiger partial charge on any atom is -0.349 e. The van der Waals surface area contributed by atoms with Crippen LogP contribution in [-0.2, 0) is 19.2 Å². The Morgan fingerprint density at radius 3 is 2.33 bits per heavy atom. The Hall–Kier alpha value is -1.37. The van der Waals surface area contributed by atoms with Crippen molar-refractivity contribution < 1.29 is 19.2 Å². The number of imide groups is 1. The maximum absolute atomic E-state index is 12.6. The second-order valence-electron chi connectivity index (χ2n) is 8.22. The van der Waals surface area contributed by atoms with E-state index in [-0.39, 0.29) is 41.2 Å². The first-order valence-electron chi connectivity index (χ1n) is 9.90. The monoisotopic (exact) mass is 396 g/mol. The normalized spacial score (nSPS) is 26.0. The lowest BCUT2D eigenvalue weighted by Crippen LogP contribution is -2.37. The van der Waals surface area contributed by atoms with Crippen LogP contribution >= 0.6 is 11.8 Å². The zero-order chi connectivity index (χ0) is 20.1. The van der Waals surface area contributed by atoms with Gasteiger partial charge >= 0.3 is 0 Å². The summed E-state index contributed by atoms with van der Waals surface area (Å²) in [5.41, 5.74) is 0. The van der Waals surface area contributed by atoms with E-state index >= 15 is 0 Å². The first kappa shape index (κ1) is 21.9. The second kappa shape index (κ2) is 9.71. The fourth-order valence-electron chi connectivity index (χ4n) is 3.85. The molecule has 27 heavy (non-hydrogen) atoms. The van der Waals surface area contributed by atoms with Crippen molar-refractivity contribution in [3.63, 3.8) is 0 Å². The molecule has 1 aliphatic carbocycles. The molecular weight excluding hydrogens is 364 g/mol. The van der Waals surface area contributed by atoms with Gasteiger partial charge in [-0.1, -0.05) is 13.8 Å². The Morgan fingerprint density at radius 2 is 1.78 bits per heavy atom. The molecule has 1 heterocycles. The maximum atomic E-state index is 12.6. The van der Waals surface area contributed by atoms with Crippen molar-refractivity contribution in [2.45, 2.75) is 57.6 Å². The van der Waals surface area contributed by atoms with Gasteiger partial charge in [0.1, 0.15) is 5.78 Å². The van der Waals surface area contributed by atoms with Gasteiger partial charge in [0.05, 0.1) is 5.25 Å². The quantitative estimate of drug-likeness (QED) is 0.589. The molecule has 0 aromatic carbocycles. The summed E-state index contributed by atoms with van der Waals surface area (Å²) in [7, 11) is 3.42. The predicted octanol–water partition coefficient (Wildman–Crippen LogP) is 2.36. The minimum atomic E-state index is -0.355. The molecule has 2 fully saturated rings. The van der Waals surface area contributed by atoms with Crippen LogP contribution < -0.4 is 0 Å². The van der Waals surface area contributed by atoms with E-state index < -0.39 is 0 Å². The first-order valence-corrected chi connectivity index (χ1v) is 10.9. The smallest absolute Gasteiger partial charge is 0.242 e. The molecule has 0 radical (unpaired) electrons. The summed E-state index contributed by atoms with van der Waals surface area (Å²) in [4.78, 5) is 51.6. The number of hydrogen-bond acceptors (Lipinski definition) is 5. The van der Waals surface area contributed by atoms with E-state index in [1.165, 1.54) is 21.6 Å². The summed E-state index contributed by atoms with van der Waals surface area (Å²) in [6, 6.07) is 0. The fourth-order valence-corrected chi connectivity index (χ4v) is 4.95. The van der Waals surface area contributed by atoms with Gasteiger partial charge in [-0.25, -0.2) is 0 Å². The van der Waals surface area contributed by atoms with Crippen LogP contribution in [0, 0.1) is 17.8 Å². The molecule has 1 aliphatic heterocycles. The highest BCUT2D eigenvalue weighted by Gasteiger charge is 2.40. The zero-order valence-electron chi connectivity index (χ0n) is 16.9. The minimum absolute atomic E-state index is 0.0313. The highest BCUT2D eigenvalue weighted by atomic mass is 32.2. The third kappa shape index (κ3) is 5.80. The first-order chi connectivity index (χ1) is 12.7. The van der Waals surface area contributed by atoms with Crippen LogP contribution in [0.3, 0.4) is 0 Å². The van der Waals surface area contributed by atoms with Crippen LogP contribution in [0.1, 0.15) is 52.4 Å². The molecule has 0 aromatic heterocycles. The zero-order valence-corrected chi connectivity index (χ0v) is 17.7. The van der Waals surface area contributed by atoms with E-state index in [1.807, 2.05) is 13.8 Å². The van der Waals surface area contributed by atoms with Crippen molar-refractivity contribution in [3.05, 3.63) is 0 Å². The molecule has 1 unspecified atom stereocenters. The molecule has 3 amide bonds. The molecule has 1 atom stereocenters. The summed E-state index contributed by atoms with van der Waals surface area (Å²) in [6.07, 6.45) is 4.14. The van der Waals surface area contributed by atoms with Gasteiger partial charge in [-0.05, 0) is 31.6 Å². The highest BCUT2D eigenvalue weighted by molar-refractivity contribution is 8.00. The Morgan fingerprint density at radius 1 is 1.15 bits per heavy atom. The molecule has 6 nitrogen and oxygen atoms in total. The van der Waals surface area contributed by atoms with E-state index in [9.17, 15) is 19.2 Å². The molecular formula is C20H32N2O4S.